The van der Waals surface area contributed by atoms with Crippen LogP contribution in [0.15, 0.2) is 12.2 Å². The third-order valence-corrected chi connectivity index (χ3v) is 4.53. The van der Waals surface area contributed by atoms with Gasteiger partial charge in [-0.2, -0.15) is 4.39 Å². The summed E-state index contributed by atoms with van der Waals surface area (Å²) in [4.78, 5) is 62.7. The number of Topliss-reactive ketones (excluding diaryl/α,β-unsaturated/α-hetero) is 1. The highest BCUT2D eigenvalue weighted by Gasteiger charge is 2.41. The Balaban J connectivity index is 2.49. The minimum absolute atomic E-state index is 0.322. The highest BCUT2D eigenvalue weighted by molar-refractivity contribution is 6.15. The maximum atomic E-state index is 14.4. The molecule has 1 aromatic rings. The SMILES string of the molecule is CC(=O)CN(C[C@@H](C(=O)Oc1c(F)c(C)c(F)c(F)c1F)N1C(=O)C=CC1=O)C(=O)OC(C)(C)C. The first kappa shape index (κ1) is 27.5. The van der Waals surface area contributed by atoms with Crippen LogP contribution >= 0.6 is 0 Å². The second kappa shape index (κ2) is 10.2. The van der Waals surface area contributed by atoms with Crippen molar-refractivity contribution in [3.05, 3.63) is 41.0 Å². The molecule has 0 saturated heterocycles. The van der Waals surface area contributed by atoms with Crippen LogP contribution in [0.1, 0.15) is 33.3 Å². The van der Waals surface area contributed by atoms with Crippen LogP contribution in [0.2, 0.25) is 0 Å². The van der Waals surface area contributed by atoms with E-state index >= 15 is 0 Å². The first-order valence-electron chi connectivity index (χ1n) is 10.1. The number of imide groups is 1. The van der Waals surface area contributed by atoms with Crippen LogP contribution in [0.4, 0.5) is 22.4 Å². The molecule has 13 heteroatoms. The third kappa shape index (κ3) is 6.22. The van der Waals surface area contributed by atoms with Crippen LogP contribution in [0.25, 0.3) is 0 Å². The fraction of sp³-hybridized carbons (Fsp3) is 0.409. The zero-order chi connectivity index (χ0) is 26.8. The van der Waals surface area contributed by atoms with Gasteiger partial charge in [0.25, 0.3) is 11.8 Å². The number of amides is 3. The Bertz CT molecular complexity index is 1080. The number of hydrogen-bond donors (Lipinski definition) is 0. The molecule has 1 aliphatic rings. The minimum atomic E-state index is -2.16. The van der Waals surface area contributed by atoms with Crippen LogP contribution < -0.4 is 4.74 Å². The van der Waals surface area contributed by atoms with Gasteiger partial charge in [0.15, 0.2) is 23.5 Å². The summed E-state index contributed by atoms with van der Waals surface area (Å²) in [6.45, 7) is 4.89. The monoisotopic (exact) mass is 502 g/mol. The Morgan fingerprint density at radius 3 is 2.00 bits per heavy atom. The van der Waals surface area contributed by atoms with E-state index in [0.717, 1.165) is 26.0 Å². The average molecular weight is 502 g/mol. The van der Waals surface area contributed by atoms with Gasteiger partial charge in [0.2, 0.25) is 11.6 Å². The van der Waals surface area contributed by atoms with E-state index < -0.39 is 89.0 Å². The molecule has 190 valence electrons. The summed E-state index contributed by atoms with van der Waals surface area (Å²) in [5.41, 5.74) is -2.04. The molecule has 3 amide bonds. The topological polar surface area (TPSA) is 110 Å². The Morgan fingerprint density at radius 2 is 1.51 bits per heavy atom. The van der Waals surface area contributed by atoms with Crippen molar-refractivity contribution in [3.63, 3.8) is 0 Å². The van der Waals surface area contributed by atoms with Gasteiger partial charge in [-0.1, -0.05) is 0 Å². The van der Waals surface area contributed by atoms with Gasteiger partial charge in [0.05, 0.1) is 13.1 Å². The molecule has 9 nitrogen and oxygen atoms in total. The molecule has 1 atom stereocenters. The van der Waals surface area contributed by atoms with Crippen molar-refractivity contribution < 1.29 is 51.0 Å². The maximum absolute atomic E-state index is 14.4. The van der Waals surface area contributed by atoms with Gasteiger partial charge in [-0.15, -0.1) is 0 Å². The summed E-state index contributed by atoms with van der Waals surface area (Å²) in [6, 6.07) is -2.04. The van der Waals surface area contributed by atoms with Gasteiger partial charge < -0.3 is 9.47 Å². The van der Waals surface area contributed by atoms with E-state index in [1.165, 1.54) is 20.8 Å². The number of rotatable bonds is 7. The molecule has 1 heterocycles. The molecule has 0 radical (unpaired) electrons. The number of esters is 1. The Hall–Kier alpha value is -3.77. The van der Waals surface area contributed by atoms with Crippen molar-refractivity contribution in [2.24, 2.45) is 0 Å². The number of benzene rings is 1. The number of halogens is 4. The van der Waals surface area contributed by atoms with E-state index in [9.17, 15) is 41.5 Å². The molecule has 0 spiro atoms. The number of ether oxygens (including phenoxy) is 2. The molecule has 35 heavy (non-hydrogen) atoms. The smallest absolute Gasteiger partial charge is 0.410 e. The van der Waals surface area contributed by atoms with Crippen LogP contribution in [0, 0.1) is 30.2 Å². The summed E-state index contributed by atoms with van der Waals surface area (Å²) in [7, 11) is 0. The van der Waals surface area contributed by atoms with Gasteiger partial charge in [-0.3, -0.25) is 24.2 Å². The largest absolute Gasteiger partial charge is 0.444 e. The molecular weight excluding hydrogens is 480 g/mol. The lowest BCUT2D eigenvalue weighted by Crippen LogP contribution is -2.55. The van der Waals surface area contributed by atoms with E-state index in [1.54, 1.807) is 0 Å². The Kier molecular flexibility index (Phi) is 8.04. The van der Waals surface area contributed by atoms with Crippen molar-refractivity contribution in [3.8, 4) is 5.75 Å². The van der Waals surface area contributed by atoms with E-state index in [0.29, 0.717) is 9.80 Å². The highest BCUT2D eigenvalue weighted by atomic mass is 19.2. The summed E-state index contributed by atoms with van der Waals surface area (Å²) >= 11 is 0. The molecule has 0 unspecified atom stereocenters. The fourth-order valence-corrected chi connectivity index (χ4v) is 2.97. The van der Waals surface area contributed by atoms with Crippen molar-refractivity contribution >= 4 is 29.7 Å². The summed E-state index contributed by atoms with van der Waals surface area (Å²) in [5, 5.41) is 0. The number of carbonyl (C=O) groups excluding carboxylic acids is 5. The number of ketones is 1. The lowest BCUT2D eigenvalue weighted by molar-refractivity contribution is -0.152. The first-order valence-corrected chi connectivity index (χ1v) is 10.1. The standard InChI is InChI=1S/C22H22F4N2O7/c1-10(29)8-27(21(33)35-22(3,4)5)9-12(28-13(30)6-7-14(28)31)20(32)34-19-16(24)11(2)15(23)17(25)18(19)26/h6-7,12H,8-9H2,1-5H3/t12-/m0/s1. The Labute approximate surface area is 197 Å². The van der Waals surface area contributed by atoms with Gasteiger partial charge in [0, 0.05) is 17.7 Å². The first-order chi connectivity index (χ1) is 16.0. The molecule has 0 fully saturated rings. The lowest BCUT2D eigenvalue weighted by Gasteiger charge is -2.31. The predicted molar refractivity (Wildman–Crippen MR) is 110 cm³/mol. The summed E-state index contributed by atoms with van der Waals surface area (Å²) in [5.74, 6) is -13.8. The van der Waals surface area contributed by atoms with Gasteiger partial charge in [-0.25, -0.2) is 22.8 Å². The summed E-state index contributed by atoms with van der Waals surface area (Å²) < 4.78 is 65.7. The molecule has 1 aromatic carbocycles. The number of carbonyl (C=O) groups is 5. The fourth-order valence-electron chi connectivity index (χ4n) is 2.97. The minimum Gasteiger partial charge on any atom is -0.444 e. The second-order valence-electron chi connectivity index (χ2n) is 8.59. The predicted octanol–water partition coefficient (Wildman–Crippen LogP) is 2.58. The van der Waals surface area contributed by atoms with Crippen molar-refractivity contribution in [1.29, 1.82) is 0 Å². The van der Waals surface area contributed by atoms with E-state index in [2.05, 4.69) is 4.74 Å². The van der Waals surface area contributed by atoms with Crippen LogP contribution in [-0.2, 0) is 23.9 Å². The van der Waals surface area contributed by atoms with Gasteiger partial charge >= 0.3 is 12.1 Å². The molecule has 0 aliphatic carbocycles. The maximum Gasteiger partial charge on any atom is 0.410 e. The molecular formula is C22H22F4N2O7. The van der Waals surface area contributed by atoms with Gasteiger partial charge in [0.1, 0.15) is 11.4 Å². The van der Waals surface area contributed by atoms with Crippen molar-refractivity contribution in [2.75, 3.05) is 13.1 Å². The lowest BCUT2D eigenvalue weighted by atomic mass is 10.1. The van der Waals surface area contributed by atoms with E-state index in [-0.39, 0.29) is 0 Å². The third-order valence-electron chi connectivity index (χ3n) is 4.53. The number of hydrogen-bond acceptors (Lipinski definition) is 7. The van der Waals surface area contributed by atoms with Crippen LogP contribution in [0.5, 0.6) is 5.75 Å². The van der Waals surface area contributed by atoms with Crippen LogP contribution in [-0.4, -0.2) is 64.2 Å². The average Bonchev–Trinajstić information content (AvgIpc) is 3.07. The number of nitrogens with zero attached hydrogens (tertiary/aromatic N) is 2. The molecule has 1 aliphatic heterocycles. The molecule has 2 rings (SSSR count). The van der Waals surface area contributed by atoms with Gasteiger partial charge in [-0.05, 0) is 34.6 Å². The summed E-state index contributed by atoms with van der Waals surface area (Å²) in [6.07, 6.45) is 0.460. The molecule has 0 saturated carbocycles. The highest BCUT2D eigenvalue weighted by Crippen LogP contribution is 2.30. The van der Waals surface area contributed by atoms with Crippen LogP contribution in [0.3, 0.4) is 0 Å². The Morgan fingerprint density at radius 1 is 0.971 bits per heavy atom. The molecule has 0 bridgehead atoms. The van der Waals surface area contributed by atoms with E-state index in [1.807, 2.05) is 0 Å². The zero-order valence-electron chi connectivity index (χ0n) is 19.4. The zero-order valence-corrected chi connectivity index (χ0v) is 19.4. The van der Waals surface area contributed by atoms with E-state index in [4.69, 9.17) is 4.74 Å². The van der Waals surface area contributed by atoms with Crippen molar-refractivity contribution in [2.45, 2.75) is 46.3 Å². The quantitative estimate of drug-likeness (QED) is 0.141. The second-order valence-corrected chi connectivity index (χ2v) is 8.59. The molecule has 0 N–H and O–H groups in total. The molecule has 0 aromatic heterocycles. The normalized spacial score (nSPS) is 14.3. The van der Waals surface area contributed by atoms with Crippen molar-refractivity contribution in [1.82, 2.24) is 9.80 Å².